The molecule has 0 amide bonds. The summed E-state index contributed by atoms with van der Waals surface area (Å²) in [4.78, 5) is 3.84. The van der Waals surface area contributed by atoms with Gasteiger partial charge in [0.2, 0.25) is 0 Å². The van der Waals surface area contributed by atoms with E-state index >= 15 is 0 Å². The van der Waals surface area contributed by atoms with E-state index in [9.17, 15) is 18.3 Å². The average molecular weight is 342 g/mol. The Bertz CT molecular complexity index is 654. The summed E-state index contributed by atoms with van der Waals surface area (Å²) in [5.74, 6) is 0.0146. The van der Waals surface area contributed by atoms with E-state index in [0.29, 0.717) is 11.1 Å². The first kappa shape index (κ1) is 20.4. The number of rotatable bonds is 2. The van der Waals surface area contributed by atoms with Crippen LogP contribution < -0.4 is 0 Å². The number of halogens is 3. The molecule has 0 saturated heterocycles. The normalized spacial score (nSPS) is 10.9. The van der Waals surface area contributed by atoms with Crippen LogP contribution in [0.1, 0.15) is 16.7 Å². The Hall–Kier alpha value is -1.59. The van der Waals surface area contributed by atoms with Gasteiger partial charge in [-0.15, -0.1) is 0 Å². The van der Waals surface area contributed by atoms with E-state index in [2.05, 4.69) is 4.99 Å². The zero-order valence-corrected chi connectivity index (χ0v) is 13.7. The third-order valence-electron chi connectivity index (χ3n) is 2.82. The van der Waals surface area contributed by atoms with Crippen molar-refractivity contribution in [3.05, 3.63) is 66.6 Å². The van der Waals surface area contributed by atoms with Crippen molar-refractivity contribution in [3.63, 3.8) is 0 Å². The summed E-state index contributed by atoms with van der Waals surface area (Å²) in [5, 5.41) is 9.79. The van der Waals surface area contributed by atoms with Crippen LogP contribution in [0.15, 0.2) is 47.5 Å². The minimum absolute atomic E-state index is 0. The maximum absolute atomic E-state index is 12.8. The summed E-state index contributed by atoms with van der Waals surface area (Å²) in [6, 6.07) is 10.0. The molecular formula is C16H15F3NOTi+. The van der Waals surface area contributed by atoms with Gasteiger partial charge >= 0.3 is 27.9 Å². The third-order valence-corrected chi connectivity index (χ3v) is 2.82. The Labute approximate surface area is 142 Å². The molecule has 22 heavy (non-hydrogen) atoms. The molecule has 0 saturated carbocycles. The molecule has 6 heteroatoms. The molecule has 1 N–H and O–H groups in total. The van der Waals surface area contributed by atoms with Gasteiger partial charge in [-0.05, 0) is 30.7 Å². The number of aliphatic imine (C=N–C) groups is 1. The maximum atomic E-state index is 12.8. The van der Waals surface area contributed by atoms with E-state index in [1.807, 2.05) is 0 Å². The van der Waals surface area contributed by atoms with Gasteiger partial charge in [-0.1, -0.05) is 24.3 Å². The van der Waals surface area contributed by atoms with Gasteiger partial charge in [-0.3, -0.25) is 4.99 Å². The topological polar surface area (TPSA) is 32.6 Å². The largest absolute Gasteiger partial charge is 2.00 e. The number of phenolic OH excluding ortho intramolecular Hbond substituents is 1. The second-order valence-corrected chi connectivity index (χ2v) is 4.29. The molecular weight excluding hydrogens is 327 g/mol. The fourth-order valence-electron chi connectivity index (χ4n) is 1.75. The van der Waals surface area contributed by atoms with Crippen LogP contribution in [-0.4, -0.2) is 11.3 Å². The first-order chi connectivity index (χ1) is 9.39. The first-order valence-corrected chi connectivity index (χ1v) is 5.88. The number of aryl methyl sites for hydroxylation is 1. The van der Waals surface area contributed by atoms with Gasteiger partial charge in [0.25, 0.3) is 0 Å². The minimum atomic E-state index is -4.46. The van der Waals surface area contributed by atoms with E-state index in [0.717, 1.165) is 6.07 Å². The van der Waals surface area contributed by atoms with Crippen molar-refractivity contribution in [3.8, 4) is 5.75 Å². The summed E-state index contributed by atoms with van der Waals surface area (Å²) in [5.41, 5.74) is 0.0318. The van der Waals surface area contributed by atoms with Gasteiger partial charge < -0.3 is 12.5 Å². The molecule has 114 valence electrons. The second-order valence-electron chi connectivity index (χ2n) is 4.29. The van der Waals surface area contributed by atoms with Gasteiger partial charge in [0.05, 0.1) is 11.3 Å². The van der Waals surface area contributed by atoms with Crippen molar-refractivity contribution in [2.24, 2.45) is 4.99 Å². The molecule has 0 unspecified atom stereocenters. The number of aromatic hydroxyl groups is 1. The van der Waals surface area contributed by atoms with Crippen molar-refractivity contribution in [1.29, 1.82) is 0 Å². The van der Waals surface area contributed by atoms with E-state index in [-0.39, 0.29) is 40.6 Å². The molecule has 2 aromatic carbocycles. The Morgan fingerprint density at radius 1 is 1.05 bits per heavy atom. The van der Waals surface area contributed by atoms with E-state index in [4.69, 9.17) is 0 Å². The van der Waals surface area contributed by atoms with Gasteiger partial charge in [-0.2, -0.15) is 13.2 Å². The summed E-state index contributed by atoms with van der Waals surface area (Å²) >= 11 is 0. The van der Waals surface area contributed by atoms with Crippen LogP contribution in [-0.2, 0) is 27.9 Å². The molecule has 0 aliphatic rings. The number of hydrogen-bond acceptors (Lipinski definition) is 2. The molecule has 0 radical (unpaired) electrons. The van der Waals surface area contributed by atoms with Crippen LogP contribution in [0, 0.1) is 14.4 Å². The van der Waals surface area contributed by atoms with Crippen molar-refractivity contribution in [2.75, 3.05) is 0 Å². The maximum Gasteiger partial charge on any atom is 2.00 e. The smallest absolute Gasteiger partial charge is 0.507 e. The van der Waals surface area contributed by atoms with E-state index in [1.165, 1.54) is 24.4 Å². The van der Waals surface area contributed by atoms with Crippen molar-refractivity contribution in [2.45, 2.75) is 13.1 Å². The minimum Gasteiger partial charge on any atom is -0.507 e. The second kappa shape index (κ2) is 8.15. The Balaban J connectivity index is 0.00000220. The monoisotopic (exact) mass is 342 g/mol. The zero-order chi connectivity index (χ0) is 14.8. The molecule has 0 aliphatic carbocycles. The van der Waals surface area contributed by atoms with Crippen molar-refractivity contribution >= 4 is 11.9 Å². The molecule has 0 heterocycles. The summed E-state index contributed by atoms with van der Waals surface area (Å²) in [7, 11) is 0. The summed E-state index contributed by atoms with van der Waals surface area (Å²) in [6.45, 7) is 1.70. The van der Waals surface area contributed by atoms with Gasteiger partial charge in [0.15, 0.2) is 0 Å². The van der Waals surface area contributed by atoms with Crippen LogP contribution in [0.2, 0.25) is 0 Å². The first-order valence-electron chi connectivity index (χ1n) is 5.88. The third kappa shape index (κ3) is 4.72. The molecule has 0 spiro atoms. The van der Waals surface area contributed by atoms with Crippen LogP contribution in [0.3, 0.4) is 0 Å². The number of para-hydroxylation sites is 2. The molecule has 0 bridgehead atoms. The summed E-state index contributed by atoms with van der Waals surface area (Å²) in [6.07, 6.45) is -3.23. The van der Waals surface area contributed by atoms with Crippen LogP contribution >= 0.6 is 0 Å². The number of nitrogens with zero attached hydrogens (tertiary/aromatic N) is 1. The van der Waals surface area contributed by atoms with Crippen LogP contribution in [0.4, 0.5) is 18.9 Å². The fraction of sp³-hybridized carbons (Fsp3) is 0.125. The predicted octanol–water partition coefficient (Wildman–Crippen LogP) is 4.92. The fourth-order valence-corrected chi connectivity index (χ4v) is 1.75. The van der Waals surface area contributed by atoms with Crippen LogP contribution in [0.25, 0.3) is 0 Å². The molecule has 2 nitrogen and oxygen atoms in total. The summed E-state index contributed by atoms with van der Waals surface area (Å²) < 4.78 is 38.4. The molecule has 0 fully saturated rings. The average Bonchev–Trinajstić information content (AvgIpc) is 2.40. The van der Waals surface area contributed by atoms with Crippen molar-refractivity contribution in [1.82, 2.24) is 0 Å². The van der Waals surface area contributed by atoms with E-state index < -0.39 is 11.7 Å². The Morgan fingerprint density at radius 3 is 2.32 bits per heavy atom. The molecule has 0 aromatic heterocycles. The quantitative estimate of drug-likeness (QED) is 0.469. The van der Waals surface area contributed by atoms with Gasteiger partial charge in [-0.25, -0.2) is 0 Å². The molecule has 0 aliphatic heterocycles. The van der Waals surface area contributed by atoms with Crippen molar-refractivity contribution < 1.29 is 40.0 Å². The Morgan fingerprint density at radius 2 is 1.68 bits per heavy atom. The zero-order valence-electron chi connectivity index (χ0n) is 12.1. The van der Waals surface area contributed by atoms with E-state index in [1.54, 1.807) is 25.1 Å². The van der Waals surface area contributed by atoms with Crippen LogP contribution in [0.5, 0.6) is 5.75 Å². The number of phenols is 1. The molecule has 2 aromatic rings. The predicted molar refractivity (Wildman–Crippen MR) is 78.0 cm³/mol. The Kier molecular flexibility index (Phi) is 7.57. The standard InChI is InChI=1S/C15H12F3NO.CH3.Ti/c1-10-5-4-6-11(14(10)20)9-19-13-8-3-2-7-12(13)15(16,17)18;;/h2-9,20H,1H3;1H3;/q;-1;+2. The van der Waals surface area contributed by atoms with Gasteiger partial charge in [0, 0.05) is 11.8 Å². The van der Waals surface area contributed by atoms with Gasteiger partial charge in [0.1, 0.15) is 5.75 Å². The molecule has 2 rings (SSSR count). The number of alkyl halides is 3. The number of hydrogen-bond donors (Lipinski definition) is 1. The molecule has 0 atom stereocenters. The SMILES string of the molecule is Cc1cccc(C=Nc2ccccc2C(F)(F)F)c1O.[CH3-].[Ti+2]. The number of benzene rings is 2.